The van der Waals surface area contributed by atoms with Crippen molar-refractivity contribution in [1.82, 2.24) is 4.98 Å². The molecule has 3 N–H and O–H groups in total. The van der Waals surface area contributed by atoms with Crippen LogP contribution in [0.1, 0.15) is 70.6 Å². The summed E-state index contributed by atoms with van der Waals surface area (Å²) in [6.07, 6.45) is 14.8. The molecular formula is C32H37N3O2. The van der Waals surface area contributed by atoms with Crippen LogP contribution in [0.25, 0.3) is 22.0 Å². The van der Waals surface area contributed by atoms with Crippen LogP contribution < -0.4 is 10.6 Å². The first-order chi connectivity index (χ1) is 18.0. The zero-order chi connectivity index (χ0) is 25.0. The van der Waals surface area contributed by atoms with Gasteiger partial charge in [-0.2, -0.15) is 0 Å². The fourth-order valence-corrected chi connectivity index (χ4v) is 8.43. The number of hydrogen-bond donors (Lipinski definition) is 3. The van der Waals surface area contributed by atoms with Crippen LogP contribution in [0.15, 0.2) is 48.7 Å². The zero-order valence-electron chi connectivity index (χ0n) is 21.5. The number of nitrogens with one attached hydrogen (secondary N) is 3. The Kier molecular flexibility index (Phi) is 5.63. The third kappa shape index (κ3) is 4.26. The molecule has 4 bridgehead atoms. The number of aromatic nitrogens is 1. The first-order valence-electron chi connectivity index (χ1n) is 14.4. The van der Waals surface area contributed by atoms with Gasteiger partial charge in [-0.25, -0.2) is 0 Å². The molecule has 37 heavy (non-hydrogen) atoms. The standard InChI is InChI=1S/C32H37N3O2/c36-30(24-4-2-1-3-5-24)34-25-8-6-23(7-9-25)28-19-33-29-11-10-26(15-27(28)29)35-31(37)32-16-20-12-21(17-32)14-22(13-20)18-32/h6-11,15,19-22,24,33H,1-5,12-14,16-18H2,(H,34,36)(H,35,37). The van der Waals surface area contributed by atoms with Crippen molar-refractivity contribution in [2.24, 2.45) is 29.1 Å². The second-order valence-corrected chi connectivity index (χ2v) is 12.5. The van der Waals surface area contributed by atoms with Crippen LogP contribution >= 0.6 is 0 Å². The Balaban J connectivity index is 1.08. The topological polar surface area (TPSA) is 74.0 Å². The van der Waals surface area contributed by atoms with E-state index < -0.39 is 0 Å². The van der Waals surface area contributed by atoms with E-state index in [1.54, 1.807) is 0 Å². The van der Waals surface area contributed by atoms with E-state index in [-0.39, 0.29) is 23.1 Å². The van der Waals surface area contributed by atoms with Gasteiger partial charge in [-0.3, -0.25) is 9.59 Å². The maximum Gasteiger partial charge on any atom is 0.230 e. The van der Waals surface area contributed by atoms with Crippen LogP contribution in [0.2, 0.25) is 0 Å². The van der Waals surface area contributed by atoms with Crippen molar-refractivity contribution < 1.29 is 9.59 Å². The maximum atomic E-state index is 13.6. The number of fused-ring (bicyclic) bond motifs is 1. The summed E-state index contributed by atoms with van der Waals surface area (Å²) >= 11 is 0. The number of anilines is 2. The third-order valence-electron chi connectivity index (χ3n) is 9.90. The minimum atomic E-state index is -0.150. The van der Waals surface area contributed by atoms with Crippen molar-refractivity contribution in [3.05, 3.63) is 48.7 Å². The van der Waals surface area contributed by atoms with Crippen molar-refractivity contribution in [2.45, 2.75) is 70.6 Å². The van der Waals surface area contributed by atoms with Crippen LogP contribution in [0, 0.1) is 29.1 Å². The summed E-state index contributed by atoms with van der Waals surface area (Å²) in [6, 6.07) is 14.3. The maximum absolute atomic E-state index is 13.6. The summed E-state index contributed by atoms with van der Waals surface area (Å²) in [5, 5.41) is 7.53. The number of carbonyl (C=O) groups excluding carboxylic acids is 2. The molecule has 5 saturated carbocycles. The quantitative estimate of drug-likeness (QED) is 0.343. The average Bonchev–Trinajstić information content (AvgIpc) is 3.32. The number of carbonyl (C=O) groups is 2. The molecule has 5 aliphatic carbocycles. The van der Waals surface area contributed by atoms with Crippen molar-refractivity contribution in [2.75, 3.05) is 10.6 Å². The molecule has 5 heteroatoms. The van der Waals surface area contributed by atoms with Crippen LogP contribution in [0.5, 0.6) is 0 Å². The Morgan fingerprint density at radius 3 is 2.11 bits per heavy atom. The van der Waals surface area contributed by atoms with Gasteiger partial charge in [0.2, 0.25) is 11.8 Å². The zero-order valence-corrected chi connectivity index (χ0v) is 21.5. The number of benzene rings is 2. The lowest BCUT2D eigenvalue weighted by atomic mass is 9.49. The summed E-state index contributed by atoms with van der Waals surface area (Å²) < 4.78 is 0. The minimum Gasteiger partial charge on any atom is -0.361 e. The Bertz CT molecular complexity index is 1300. The summed E-state index contributed by atoms with van der Waals surface area (Å²) in [7, 11) is 0. The molecular weight excluding hydrogens is 458 g/mol. The fraction of sp³-hybridized carbons (Fsp3) is 0.500. The van der Waals surface area contributed by atoms with Gasteiger partial charge in [-0.15, -0.1) is 0 Å². The first-order valence-corrected chi connectivity index (χ1v) is 14.4. The lowest BCUT2D eigenvalue weighted by Crippen LogP contribution is -2.51. The van der Waals surface area contributed by atoms with Gasteiger partial charge in [0.15, 0.2) is 0 Å². The van der Waals surface area contributed by atoms with Gasteiger partial charge < -0.3 is 15.6 Å². The highest BCUT2D eigenvalue weighted by Crippen LogP contribution is 2.60. The monoisotopic (exact) mass is 495 g/mol. The van der Waals surface area contributed by atoms with Gasteiger partial charge >= 0.3 is 0 Å². The van der Waals surface area contributed by atoms with E-state index in [9.17, 15) is 9.59 Å². The molecule has 5 aliphatic rings. The number of H-pyrrole nitrogens is 1. The molecule has 2 aromatic carbocycles. The summed E-state index contributed by atoms with van der Waals surface area (Å²) in [6.45, 7) is 0. The lowest BCUT2D eigenvalue weighted by molar-refractivity contribution is -0.140. The molecule has 0 saturated heterocycles. The van der Waals surface area contributed by atoms with Gasteiger partial charge in [0, 0.05) is 40.0 Å². The molecule has 0 spiro atoms. The van der Waals surface area contributed by atoms with Gasteiger partial charge in [0.1, 0.15) is 0 Å². The normalized spacial score (nSPS) is 28.9. The van der Waals surface area contributed by atoms with Crippen LogP contribution in [-0.4, -0.2) is 16.8 Å². The Labute approximate surface area is 218 Å². The average molecular weight is 496 g/mol. The van der Waals surface area contributed by atoms with E-state index in [2.05, 4.69) is 39.9 Å². The summed E-state index contributed by atoms with van der Waals surface area (Å²) in [5.41, 5.74) is 4.82. The Hall–Kier alpha value is -3.08. The number of amides is 2. The van der Waals surface area contributed by atoms with Gasteiger partial charge in [-0.1, -0.05) is 31.4 Å². The number of aromatic amines is 1. The number of hydrogen-bond acceptors (Lipinski definition) is 2. The third-order valence-corrected chi connectivity index (χ3v) is 9.90. The van der Waals surface area contributed by atoms with Crippen LogP contribution in [-0.2, 0) is 9.59 Å². The molecule has 0 atom stereocenters. The molecule has 2 amide bonds. The molecule has 0 radical (unpaired) electrons. The van der Waals surface area contributed by atoms with Crippen molar-refractivity contribution in [3.63, 3.8) is 0 Å². The van der Waals surface area contributed by atoms with E-state index in [4.69, 9.17) is 0 Å². The van der Waals surface area contributed by atoms with E-state index in [1.807, 2.05) is 24.4 Å². The lowest BCUT2D eigenvalue weighted by Gasteiger charge is -2.55. The fourth-order valence-electron chi connectivity index (χ4n) is 8.43. The van der Waals surface area contributed by atoms with Crippen LogP contribution in [0.4, 0.5) is 11.4 Å². The van der Waals surface area contributed by atoms with Crippen molar-refractivity contribution >= 4 is 34.1 Å². The minimum absolute atomic E-state index is 0.147. The largest absolute Gasteiger partial charge is 0.361 e. The Morgan fingerprint density at radius 1 is 0.784 bits per heavy atom. The van der Waals surface area contributed by atoms with E-state index in [1.165, 1.54) is 25.7 Å². The highest BCUT2D eigenvalue weighted by Gasteiger charge is 2.54. The molecule has 0 aliphatic heterocycles. The van der Waals surface area contributed by atoms with Gasteiger partial charge in [0.05, 0.1) is 5.41 Å². The molecule has 1 aromatic heterocycles. The molecule has 0 unspecified atom stereocenters. The van der Waals surface area contributed by atoms with Crippen molar-refractivity contribution in [3.8, 4) is 11.1 Å². The highest BCUT2D eigenvalue weighted by molar-refractivity contribution is 6.01. The molecule has 3 aromatic rings. The van der Waals surface area contributed by atoms with E-state index >= 15 is 0 Å². The summed E-state index contributed by atoms with van der Waals surface area (Å²) in [5.74, 6) is 2.80. The molecule has 5 nitrogen and oxygen atoms in total. The molecule has 192 valence electrons. The smallest absolute Gasteiger partial charge is 0.230 e. The second-order valence-electron chi connectivity index (χ2n) is 12.5. The SMILES string of the molecule is O=C(Nc1ccc(-c2c[nH]c3ccc(NC(=O)C45CC6CC(CC(C6)C4)C5)cc23)cc1)C1CCCCC1. The van der Waals surface area contributed by atoms with Gasteiger partial charge in [-0.05, 0) is 105 Å². The highest BCUT2D eigenvalue weighted by atomic mass is 16.2. The van der Waals surface area contributed by atoms with Crippen LogP contribution in [0.3, 0.4) is 0 Å². The predicted molar refractivity (Wildman–Crippen MR) is 148 cm³/mol. The van der Waals surface area contributed by atoms with E-state index in [0.717, 1.165) is 96.1 Å². The first kappa shape index (κ1) is 23.1. The van der Waals surface area contributed by atoms with Crippen molar-refractivity contribution in [1.29, 1.82) is 0 Å². The Morgan fingerprint density at radius 2 is 1.43 bits per heavy atom. The second kappa shape index (κ2) is 9.04. The van der Waals surface area contributed by atoms with E-state index in [0.29, 0.717) is 0 Å². The van der Waals surface area contributed by atoms with Gasteiger partial charge in [0.25, 0.3) is 0 Å². The predicted octanol–water partition coefficient (Wildman–Crippen LogP) is 7.51. The summed E-state index contributed by atoms with van der Waals surface area (Å²) in [4.78, 5) is 29.6. The number of rotatable bonds is 5. The molecule has 1 heterocycles. The molecule has 8 rings (SSSR count). The molecule has 5 fully saturated rings.